The number of nitrogens with zero attached hydrogens (tertiary/aromatic N) is 1. The highest BCUT2D eigenvalue weighted by molar-refractivity contribution is 7.89. The van der Waals surface area contributed by atoms with E-state index in [1.807, 2.05) is 0 Å². The molecule has 1 fully saturated rings. The fourth-order valence-electron chi connectivity index (χ4n) is 2.78. The molecule has 0 saturated carbocycles. The van der Waals surface area contributed by atoms with Crippen LogP contribution in [0.3, 0.4) is 0 Å². The Morgan fingerprint density at radius 1 is 1.17 bits per heavy atom. The zero-order valence-corrected chi connectivity index (χ0v) is 13.4. The molecule has 1 aliphatic rings. The Morgan fingerprint density at radius 2 is 1.96 bits per heavy atom. The molecule has 23 heavy (non-hydrogen) atoms. The van der Waals surface area contributed by atoms with Crippen LogP contribution in [-0.4, -0.2) is 43.3 Å². The van der Waals surface area contributed by atoms with E-state index in [0.29, 0.717) is 18.8 Å². The monoisotopic (exact) mass is 333 g/mol. The molecule has 122 valence electrons. The van der Waals surface area contributed by atoms with Crippen LogP contribution in [0.25, 0.3) is 0 Å². The third-order valence-corrected chi connectivity index (χ3v) is 5.45. The van der Waals surface area contributed by atoms with Gasteiger partial charge in [-0.05, 0) is 37.1 Å². The van der Waals surface area contributed by atoms with Crippen molar-refractivity contribution in [3.8, 4) is 0 Å². The second-order valence-electron chi connectivity index (χ2n) is 5.61. The molecule has 2 N–H and O–H groups in total. The summed E-state index contributed by atoms with van der Waals surface area (Å²) in [5.74, 6) is -0.0985. The lowest BCUT2D eigenvalue weighted by Crippen LogP contribution is -2.49. The molecule has 1 aliphatic heterocycles. The number of rotatable bonds is 4. The molecule has 0 bridgehead atoms. The molecular weight excluding hydrogens is 314 g/mol. The highest BCUT2D eigenvalue weighted by Gasteiger charge is 2.28. The number of nitrogens with one attached hydrogen (secondary N) is 2. The average Bonchev–Trinajstić information content (AvgIpc) is 3.09. The predicted molar refractivity (Wildman–Crippen MR) is 86.5 cm³/mol. The van der Waals surface area contributed by atoms with Gasteiger partial charge in [0.25, 0.3) is 5.91 Å². The molecule has 1 atom stereocenters. The number of benzene rings is 1. The molecule has 0 aliphatic carbocycles. The van der Waals surface area contributed by atoms with Crippen molar-refractivity contribution in [2.24, 2.45) is 0 Å². The zero-order valence-electron chi connectivity index (χ0n) is 12.6. The Balaban J connectivity index is 1.68. The lowest BCUT2D eigenvalue weighted by Gasteiger charge is -2.32. The van der Waals surface area contributed by atoms with Crippen LogP contribution in [0.2, 0.25) is 0 Å². The summed E-state index contributed by atoms with van der Waals surface area (Å²) in [5.41, 5.74) is 0.525. The molecule has 2 aromatic rings. The number of H-pyrrole nitrogens is 1. The Kier molecular flexibility index (Phi) is 4.49. The minimum atomic E-state index is -3.56. The number of sulfonamides is 1. The number of carbonyl (C=O) groups is 1. The first-order valence-corrected chi connectivity index (χ1v) is 9.04. The summed E-state index contributed by atoms with van der Waals surface area (Å²) >= 11 is 0. The summed E-state index contributed by atoms with van der Waals surface area (Å²) in [7, 11) is -3.56. The van der Waals surface area contributed by atoms with Gasteiger partial charge >= 0.3 is 0 Å². The van der Waals surface area contributed by atoms with E-state index in [0.717, 1.165) is 12.8 Å². The van der Waals surface area contributed by atoms with E-state index in [1.54, 1.807) is 53.6 Å². The Labute approximate surface area is 135 Å². The largest absolute Gasteiger partial charge is 0.357 e. The Morgan fingerprint density at radius 3 is 2.65 bits per heavy atom. The van der Waals surface area contributed by atoms with Gasteiger partial charge in [-0.1, -0.05) is 18.2 Å². The number of amides is 1. The maximum Gasteiger partial charge on any atom is 0.270 e. The fourth-order valence-corrected chi connectivity index (χ4v) is 4.06. The van der Waals surface area contributed by atoms with Gasteiger partial charge in [-0.3, -0.25) is 4.79 Å². The van der Waals surface area contributed by atoms with Crippen LogP contribution >= 0.6 is 0 Å². The first-order chi connectivity index (χ1) is 11.1. The van der Waals surface area contributed by atoms with Crippen molar-refractivity contribution >= 4 is 15.9 Å². The van der Waals surface area contributed by atoms with Gasteiger partial charge in [-0.2, -0.15) is 0 Å². The van der Waals surface area contributed by atoms with E-state index in [2.05, 4.69) is 9.71 Å². The molecule has 0 spiro atoms. The third-order valence-electron chi connectivity index (χ3n) is 3.91. The van der Waals surface area contributed by atoms with Gasteiger partial charge < -0.3 is 9.88 Å². The van der Waals surface area contributed by atoms with Crippen molar-refractivity contribution in [2.45, 2.75) is 23.8 Å². The standard InChI is InChI=1S/C16H19N3O3S/c20-16(15-9-4-10-17-15)19-11-5-6-13(12-19)18-23(21,22)14-7-2-1-3-8-14/h1-4,7-10,13,17-18H,5-6,11-12H2. The third kappa shape index (κ3) is 3.62. The molecule has 0 radical (unpaired) electrons. The summed E-state index contributed by atoms with van der Waals surface area (Å²) in [5, 5.41) is 0. The van der Waals surface area contributed by atoms with Crippen molar-refractivity contribution in [3.05, 3.63) is 54.4 Å². The summed E-state index contributed by atoms with van der Waals surface area (Å²) in [6, 6.07) is 11.5. The molecule has 7 heteroatoms. The molecule has 1 unspecified atom stereocenters. The minimum absolute atomic E-state index is 0.0985. The molecule has 6 nitrogen and oxygen atoms in total. The predicted octanol–water partition coefficient (Wildman–Crippen LogP) is 1.60. The number of aromatic amines is 1. The van der Waals surface area contributed by atoms with Crippen LogP contribution in [0.15, 0.2) is 53.6 Å². The van der Waals surface area contributed by atoms with Crippen LogP contribution in [0, 0.1) is 0 Å². The molecule has 2 heterocycles. The van der Waals surface area contributed by atoms with E-state index in [9.17, 15) is 13.2 Å². The van der Waals surface area contributed by atoms with Crippen LogP contribution in [0.4, 0.5) is 0 Å². The number of piperidine rings is 1. The van der Waals surface area contributed by atoms with Crippen LogP contribution in [-0.2, 0) is 10.0 Å². The Hall–Kier alpha value is -2.12. The molecule has 3 rings (SSSR count). The normalized spacial score (nSPS) is 18.8. The molecule has 1 aromatic heterocycles. The van der Waals surface area contributed by atoms with Crippen molar-refractivity contribution in [3.63, 3.8) is 0 Å². The number of aromatic nitrogens is 1. The maximum absolute atomic E-state index is 12.4. The van der Waals surface area contributed by atoms with Gasteiger partial charge in [0.1, 0.15) is 5.69 Å². The number of carbonyl (C=O) groups excluding carboxylic acids is 1. The fraction of sp³-hybridized carbons (Fsp3) is 0.312. The van der Waals surface area contributed by atoms with Gasteiger partial charge in [0.05, 0.1) is 4.90 Å². The summed E-state index contributed by atoms with van der Waals surface area (Å²) in [6.45, 7) is 1.02. The molecule has 1 aromatic carbocycles. The topological polar surface area (TPSA) is 82.3 Å². The van der Waals surface area contributed by atoms with E-state index in [-0.39, 0.29) is 16.8 Å². The zero-order chi connectivity index (χ0) is 16.3. The lowest BCUT2D eigenvalue weighted by atomic mass is 10.1. The number of hydrogen-bond donors (Lipinski definition) is 2. The summed E-state index contributed by atoms with van der Waals surface area (Å²) < 4.78 is 27.5. The summed E-state index contributed by atoms with van der Waals surface area (Å²) in [6.07, 6.45) is 3.20. The van der Waals surface area contributed by atoms with Gasteiger partial charge in [0, 0.05) is 25.3 Å². The van der Waals surface area contributed by atoms with Gasteiger partial charge in [-0.15, -0.1) is 0 Å². The van der Waals surface area contributed by atoms with Gasteiger partial charge in [0.2, 0.25) is 10.0 Å². The van der Waals surface area contributed by atoms with Gasteiger partial charge in [-0.25, -0.2) is 13.1 Å². The second-order valence-corrected chi connectivity index (χ2v) is 7.32. The van der Waals surface area contributed by atoms with Crippen molar-refractivity contribution in [2.75, 3.05) is 13.1 Å². The average molecular weight is 333 g/mol. The van der Waals surface area contributed by atoms with Gasteiger partial charge in [0.15, 0.2) is 0 Å². The first-order valence-electron chi connectivity index (χ1n) is 7.56. The van der Waals surface area contributed by atoms with E-state index in [4.69, 9.17) is 0 Å². The number of hydrogen-bond acceptors (Lipinski definition) is 3. The first kappa shape index (κ1) is 15.8. The molecule has 1 amide bonds. The van der Waals surface area contributed by atoms with Crippen molar-refractivity contribution in [1.82, 2.24) is 14.6 Å². The maximum atomic E-state index is 12.4. The van der Waals surface area contributed by atoms with E-state index in [1.165, 1.54) is 0 Å². The number of likely N-dealkylation sites (tertiary alicyclic amines) is 1. The van der Waals surface area contributed by atoms with Crippen LogP contribution in [0.5, 0.6) is 0 Å². The highest BCUT2D eigenvalue weighted by Crippen LogP contribution is 2.16. The minimum Gasteiger partial charge on any atom is -0.357 e. The Bertz CT molecular complexity index is 757. The van der Waals surface area contributed by atoms with Crippen molar-refractivity contribution < 1.29 is 13.2 Å². The SMILES string of the molecule is O=C(c1ccc[nH]1)N1CCCC(NS(=O)(=O)c2ccccc2)C1. The van der Waals surface area contributed by atoms with E-state index < -0.39 is 10.0 Å². The molecule has 1 saturated heterocycles. The van der Waals surface area contributed by atoms with Crippen LogP contribution in [0.1, 0.15) is 23.3 Å². The highest BCUT2D eigenvalue weighted by atomic mass is 32.2. The molecular formula is C16H19N3O3S. The van der Waals surface area contributed by atoms with E-state index >= 15 is 0 Å². The smallest absolute Gasteiger partial charge is 0.270 e. The quantitative estimate of drug-likeness (QED) is 0.891. The van der Waals surface area contributed by atoms with Crippen molar-refractivity contribution in [1.29, 1.82) is 0 Å². The van der Waals surface area contributed by atoms with Crippen LogP contribution < -0.4 is 4.72 Å². The lowest BCUT2D eigenvalue weighted by molar-refractivity contribution is 0.0698. The second kappa shape index (κ2) is 6.55. The summed E-state index contributed by atoms with van der Waals surface area (Å²) in [4.78, 5) is 17.2.